The standard InChI is InChI=1S/C4H9Br.C4H10O3/c1-2-3-4-5;5-1-3-7-4-2-6/h2-4H2,1H3;5-6H,1-4H2. The summed E-state index contributed by atoms with van der Waals surface area (Å²) in [7, 11) is 0. The van der Waals surface area contributed by atoms with Crippen LogP contribution in [0.4, 0.5) is 0 Å². The summed E-state index contributed by atoms with van der Waals surface area (Å²) in [6, 6.07) is 0. The van der Waals surface area contributed by atoms with Crippen molar-refractivity contribution >= 4 is 15.9 Å². The van der Waals surface area contributed by atoms with Gasteiger partial charge in [-0.15, -0.1) is 0 Å². The Bertz CT molecular complexity index is 56.3. The van der Waals surface area contributed by atoms with Gasteiger partial charge in [0.15, 0.2) is 0 Å². The molecule has 76 valence electrons. The molecule has 0 amide bonds. The Morgan fingerprint density at radius 3 is 1.83 bits per heavy atom. The Balaban J connectivity index is 0. The van der Waals surface area contributed by atoms with Crippen molar-refractivity contribution in [1.82, 2.24) is 0 Å². The fraction of sp³-hybridized carbons (Fsp3) is 1.00. The number of unbranched alkanes of at least 4 members (excludes halogenated alkanes) is 1. The summed E-state index contributed by atoms with van der Waals surface area (Å²) < 4.78 is 4.63. The lowest BCUT2D eigenvalue weighted by atomic mass is 10.4. The third kappa shape index (κ3) is 22.4. The molecule has 0 aliphatic carbocycles. The highest BCUT2D eigenvalue weighted by Gasteiger charge is 1.79. The average Bonchev–Trinajstić information content (AvgIpc) is 2.08. The molecule has 0 saturated heterocycles. The van der Waals surface area contributed by atoms with Crippen LogP contribution in [-0.2, 0) is 4.74 Å². The normalized spacial score (nSPS) is 9.00. The third-order valence-electron chi connectivity index (χ3n) is 0.958. The highest BCUT2D eigenvalue weighted by Crippen LogP contribution is 1.89. The lowest BCUT2D eigenvalue weighted by molar-refractivity contribution is 0.0650. The van der Waals surface area contributed by atoms with Gasteiger partial charge in [-0.1, -0.05) is 29.3 Å². The number of halogens is 1. The van der Waals surface area contributed by atoms with Crippen molar-refractivity contribution in [3.8, 4) is 0 Å². The summed E-state index contributed by atoms with van der Waals surface area (Å²) in [5.41, 5.74) is 0. The van der Waals surface area contributed by atoms with Gasteiger partial charge in [-0.05, 0) is 6.42 Å². The van der Waals surface area contributed by atoms with Gasteiger partial charge in [0.1, 0.15) is 0 Å². The van der Waals surface area contributed by atoms with E-state index in [0.717, 1.165) is 5.33 Å². The molecule has 0 radical (unpaired) electrons. The van der Waals surface area contributed by atoms with E-state index >= 15 is 0 Å². The second-order valence-corrected chi connectivity index (χ2v) is 2.90. The molecule has 0 aromatic rings. The average molecular weight is 243 g/mol. The van der Waals surface area contributed by atoms with Crippen molar-refractivity contribution in [2.24, 2.45) is 0 Å². The molecule has 0 heterocycles. The molecule has 0 bridgehead atoms. The molecular weight excluding hydrogens is 224 g/mol. The monoisotopic (exact) mass is 242 g/mol. The molecule has 12 heavy (non-hydrogen) atoms. The smallest absolute Gasteiger partial charge is 0.0698 e. The van der Waals surface area contributed by atoms with Crippen LogP contribution >= 0.6 is 15.9 Å². The molecule has 0 rings (SSSR count). The number of ether oxygens (including phenoxy) is 1. The molecule has 4 heteroatoms. The molecule has 0 aliphatic heterocycles. The largest absolute Gasteiger partial charge is 0.394 e. The number of rotatable bonds is 6. The Kier molecular flexibility index (Phi) is 21.6. The second-order valence-electron chi connectivity index (χ2n) is 2.10. The number of aliphatic hydroxyl groups is 2. The molecule has 0 fully saturated rings. The van der Waals surface area contributed by atoms with Crippen LogP contribution in [-0.4, -0.2) is 42.0 Å². The zero-order valence-electron chi connectivity index (χ0n) is 7.63. The predicted molar refractivity (Wildman–Crippen MR) is 53.7 cm³/mol. The summed E-state index contributed by atoms with van der Waals surface area (Å²) in [5, 5.41) is 17.3. The van der Waals surface area contributed by atoms with Crippen molar-refractivity contribution in [2.45, 2.75) is 19.8 Å². The molecule has 2 N–H and O–H groups in total. The predicted octanol–water partition coefficient (Wildman–Crippen LogP) is 1.17. The minimum absolute atomic E-state index is 0.0278. The summed E-state index contributed by atoms with van der Waals surface area (Å²) in [6.45, 7) is 2.88. The van der Waals surface area contributed by atoms with E-state index in [-0.39, 0.29) is 13.2 Å². The van der Waals surface area contributed by atoms with Gasteiger partial charge < -0.3 is 14.9 Å². The van der Waals surface area contributed by atoms with Gasteiger partial charge in [-0.2, -0.15) is 0 Å². The molecular formula is C8H19BrO3. The van der Waals surface area contributed by atoms with Crippen LogP contribution in [0.25, 0.3) is 0 Å². The van der Waals surface area contributed by atoms with Crippen molar-refractivity contribution in [1.29, 1.82) is 0 Å². The third-order valence-corrected chi connectivity index (χ3v) is 1.52. The van der Waals surface area contributed by atoms with Gasteiger partial charge >= 0.3 is 0 Å². The number of hydrogen-bond acceptors (Lipinski definition) is 3. The minimum atomic E-state index is 0.0278. The number of hydrogen-bond donors (Lipinski definition) is 2. The van der Waals surface area contributed by atoms with E-state index in [1.54, 1.807) is 0 Å². The zero-order valence-corrected chi connectivity index (χ0v) is 9.22. The molecule has 0 unspecified atom stereocenters. The van der Waals surface area contributed by atoms with E-state index in [4.69, 9.17) is 10.2 Å². The van der Waals surface area contributed by atoms with Crippen LogP contribution in [0.1, 0.15) is 19.8 Å². The van der Waals surface area contributed by atoms with Crippen LogP contribution in [0.5, 0.6) is 0 Å². The highest BCUT2D eigenvalue weighted by molar-refractivity contribution is 9.09. The van der Waals surface area contributed by atoms with E-state index in [0.29, 0.717) is 13.2 Å². The first-order chi connectivity index (χ1) is 5.83. The van der Waals surface area contributed by atoms with Gasteiger partial charge in [0.2, 0.25) is 0 Å². The van der Waals surface area contributed by atoms with Gasteiger partial charge in [0.25, 0.3) is 0 Å². The summed E-state index contributed by atoms with van der Waals surface area (Å²) in [6.07, 6.45) is 2.60. The molecule has 3 nitrogen and oxygen atoms in total. The molecule has 0 saturated carbocycles. The Labute approximate surface area is 82.9 Å². The van der Waals surface area contributed by atoms with Crippen LogP contribution in [0.2, 0.25) is 0 Å². The summed E-state index contributed by atoms with van der Waals surface area (Å²) >= 11 is 3.31. The lowest BCUT2D eigenvalue weighted by Crippen LogP contribution is -2.03. The first kappa shape index (κ1) is 14.9. The second kappa shape index (κ2) is 17.4. The maximum absolute atomic E-state index is 8.09. The van der Waals surface area contributed by atoms with E-state index in [9.17, 15) is 0 Å². The quantitative estimate of drug-likeness (QED) is 0.543. The maximum atomic E-state index is 8.09. The molecule has 0 aromatic heterocycles. The maximum Gasteiger partial charge on any atom is 0.0698 e. The fourth-order valence-corrected chi connectivity index (χ4v) is 0.926. The zero-order chi connectivity index (χ0) is 9.66. The van der Waals surface area contributed by atoms with Gasteiger partial charge in [-0.25, -0.2) is 0 Å². The molecule has 0 atom stereocenters. The molecule has 0 aliphatic rings. The summed E-state index contributed by atoms with van der Waals surface area (Å²) in [5.74, 6) is 0. The van der Waals surface area contributed by atoms with Crippen molar-refractivity contribution in [3.05, 3.63) is 0 Å². The number of alkyl halides is 1. The van der Waals surface area contributed by atoms with Crippen LogP contribution in [0.3, 0.4) is 0 Å². The lowest BCUT2D eigenvalue weighted by Gasteiger charge is -1.94. The van der Waals surface area contributed by atoms with E-state index < -0.39 is 0 Å². The van der Waals surface area contributed by atoms with Gasteiger partial charge in [0.05, 0.1) is 26.4 Å². The van der Waals surface area contributed by atoms with Crippen LogP contribution in [0, 0.1) is 0 Å². The minimum Gasteiger partial charge on any atom is -0.394 e. The van der Waals surface area contributed by atoms with Crippen molar-refractivity contribution in [3.63, 3.8) is 0 Å². The molecule has 0 aromatic carbocycles. The highest BCUT2D eigenvalue weighted by atomic mass is 79.9. The Morgan fingerprint density at radius 2 is 1.67 bits per heavy atom. The van der Waals surface area contributed by atoms with Crippen molar-refractivity contribution in [2.75, 3.05) is 31.8 Å². The molecule has 0 spiro atoms. The van der Waals surface area contributed by atoms with Crippen molar-refractivity contribution < 1.29 is 14.9 Å². The van der Waals surface area contributed by atoms with E-state index in [1.807, 2.05) is 0 Å². The Morgan fingerprint density at radius 1 is 1.17 bits per heavy atom. The van der Waals surface area contributed by atoms with E-state index in [1.165, 1.54) is 12.8 Å². The SMILES string of the molecule is CCCCBr.OCCOCCO. The topological polar surface area (TPSA) is 49.7 Å². The van der Waals surface area contributed by atoms with Gasteiger partial charge in [0, 0.05) is 5.33 Å². The van der Waals surface area contributed by atoms with Gasteiger partial charge in [-0.3, -0.25) is 0 Å². The number of aliphatic hydroxyl groups excluding tert-OH is 2. The van der Waals surface area contributed by atoms with Crippen LogP contribution in [0.15, 0.2) is 0 Å². The first-order valence-corrected chi connectivity index (χ1v) is 5.31. The fourth-order valence-electron chi connectivity index (χ4n) is 0.365. The van der Waals surface area contributed by atoms with Crippen LogP contribution < -0.4 is 0 Å². The summed E-state index contributed by atoms with van der Waals surface area (Å²) in [4.78, 5) is 0. The first-order valence-electron chi connectivity index (χ1n) is 4.18. The Hall–Kier alpha value is 0.360. The van der Waals surface area contributed by atoms with E-state index in [2.05, 4.69) is 27.6 Å².